The number of carbonyl (C=O) groups is 1. The molecule has 2 fully saturated rings. The number of ether oxygens (including phenoxy) is 1. The summed E-state index contributed by atoms with van der Waals surface area (Å²) in [5.41, 5.74) is 0. The smallest absolute Gasteiger partial charge is 0.309 e. The van der Waals surface area contributed by atoms with Crippen LogP contribution in [0.2, 0.25) is 0 Å². The molecule has 0 amide bonds. The third-order valence-corrected chi connectivity index (χ3v) is 5.31. The third-order valence-electron chi connectivity index (χ3n) is 4.04. The second-order valence-corrected chi connectivity index (χ2v) is 7.48. The third kappa shape index (κ3) is 3.91. The Kier molecular flexibility index (Phi) is 5.00. The van der Waals surface area contributed by atoms with Crippen LogP contribution >= 0.6 is 0 Å². The SMILES string of the molecule is CS(=O)(=O)N1CCN(C2CCOCC2)CC(C(=O)O)C1. The van der Waals surface area contributed by atoms with Gasteiger partial charge in [0.15, 0.2) is 0 Å². The first-order valence-corrected chi connectivity index (χ1v) is 8.72. The van der Waals surface area contributed by atoms with E-state index in [1.54, 1.807) is 0 Å². The number of hydrogen-bond donors (Lipinski definition) is 1. The van der Waals surface area contributed by atoms with E-state index in [9.17, 15) is 18.3 Å². The van der Waals surface area contributed by atoms with Crippen molar-refractivity contribution in [1.29, 1.82) is 0 Å². The standard InChI is InChI=1S/C12H22N2O5S/c1-20(17,18)14-5-4-13(8-10(9-14)12(15)16)11-2-6-19-7-3-11/h10-11H,2-9H2,1H3,(H,15,16). The van der Waals surface area contributed by atoms with Crippen LogP contribution in [0.1, 0.15) is 12.8 Å². The average Bonchev–Trinajstić information content (AvgIpc) is 2.62. The van der Waals surface area contributed by atoms with Gasteiger partial charge < -0.3 is 9.84 Å². The molecule has 1 N–H and O–H groups in total. The van der Waals surface area contributed by atoms with E-state index in [1.165, 1.54) is 4.31 Å². The maximum Gasteiger partial charge on any atom is 0.309 e. The van der Waals surface area contributed by atoms with E-state index in [0.29, 0.717) is 38.9 Å². The van der Waals surface area contributed by atoms with Gasteiger partial charge in [0.05, 0.1) is 12.2 Å². The van der Waals surface area contributed by atoms with Crippen molar-refractivity contribution in [1.82, 2.24) is 9.21 Å². The second kappa shape index (κ2) is 6.38. The molecule has 0 spiro atoms. The molecule has 2 aliphatic heterocycles. The Labute approximate surface area is 119 Å². The molecule has 0 radical (unpaired) electrons. The van der Waals surface area contributed by atoms with E-state index in [1.807, 2.05) is 0 Å². The topological polar surface area (TPSA) is 87.2 Å². The lowest BCUT2D eigenvalue weighted by atomic mass is 10.0. The van der Waals surface area contributed by atoms with Gasteiger partial charge in [-0.05, 0) is 12.8 Å². The molecule has 0 aliphatic carbocycles. The predicted octanol–water partition coefficient (Wildman–Crippen LogP) is -0.557. The van der Waals surface area contributed by atoms with Crippen molar-refractivity contribution in [2.75, 3.05) is 45.6 Å². The largest absolute Gasteiger partial charge is 0.481 e. The van der Waals surface area contributed by atoms with Gasteiger partial charge in [-0.1, -0.05) is 0 Å². The van der Waals surface area contributed by atoms with Crippen molar-refractivity contribution in [3.8, 4) is 0 Å². The number of carboxylic acid groups (broad SMARTS) is 1. The Balaban J connectivity index is 2.11. The zero-order valence-corrected chi connectivity index (χ0v) is 12.5. The van der Waals surface area contributed by atoms with E-state index in [2.05, 4.69) is 4.90 Å². The highest BCUT2D eigenvalue weighted by atomic mass is 32.2. The van der Waals surface area contributed by atoms with Gasteiger partial charge in [-0.2, -0.15) is 4.31 Å². The van der Waals surface area contributed by atoms with Crippen LogP contribution in [0, 0.1) is 5.92 Å². The zero-order valence-electron chi connectivity index (χ0n) is 11.7. The number of hydrogen-bond acceptors (Lipinski definition) is 5. The number of sulfonamides is 1. The molecule has 0 bridgehead atoms. The van der Waals surface area contributed by atoms with Crippen molar-refractivity contribution < 1.29 is 23.1 Å². The lowest BCUT2D eigenvalue weighted by Crippen LogP contribution is -2.43. The number of rotatable bonds is 3. The molecular weight excluding hydrogens is 284 g/mol. The van der Waals surface area contributed by atoms with Crippen LogP contribution in [0.3, 0.4) is 0 Å². The van der Waals surface area contributed by atoms with Crippen molar-refractivity contribution in [2.24, 2.45) is 5.92 Å². The van der Waals surface area contributed by atoms with Crippen molar-refractivity contribution in [3.63, 3.8) is 0 Å². The summed E-state index contributed by atoms with van der Waals surface area (Å²) in [5, 5.41) is 9.29. The molecule has 1 atom stereocenters. The van der Waals surface area contributed by atoms with Gasteiger partial charge in [-0.15, -0.1) is 0 Å². The minimum Gasteiger partial charge on any atom is -0.481 e. The summed E-state index contributed by atoms with van der Waals surface area (Å²) in [4.78, 5) is 13.5. The fourth-order valence-electron chi connectivity index (χ4n) is 2.85. The van der Waals surface area contributed by atoms with Crippen molar-refractivity contribution in [2.45, 2.75) is 18.9 Å². The highest BCUT2D eigenvalue weighted by molar-refractivity contribution is 7.88. The monoisotopic (exact) mass is 306 g/mol. The summed E-state index contributed by atoms with van der Waals surface area (Å²) < 4.78 is 30.0. The lowest BCUT2D eigenvalue weighted by molar-refractivity contribution is -0.142. The average molecular weight is 306 g/mol. The first-order valence-electron chi connectivity index (χ1n) is 6.87. The Hall–Kier alpha value is -0.700. The first-order chi connectivity index (χ1) is 9.38. The van der Waals surface area contributed by atoms with Crippen LogP contribution in [0.15, 0.2) is 0 Å². The summed E-state index contributed by atoms with van der Waals surface area (Å²) in [6, 6.07) is 0.296. The molecule has 0 aromatic carbocycles. The summed E-state index contributed by atoms with van der Waals surface area (Å²) in [6.45, 7) is 2.80. The van der Waals surface area contributed by atoms with Gasteiger partial charge >= 0.3 is 5.97 Å². The fourth-order valence-corrected chi connectivity index (χ4v) is 3.71. The Morgan fingerprint density at radius 2 is 1.85 bits per heavy atom. The predicted molar refractivity (Wildman–Crippen MR) is 73.0 cm³/mol. The molecule has 116 valence electrons. The number of nitrogens with zero attached hydrogens (tertiary/aromatic N) is 2. The van der Waals surface area contributed by atoms with E-state index < -0.39 is 21.9 Å². The molecular formula is C12H22N2O5S. The second-order valence-electron chi connectivity index (χ2n) is 5.49. The molecule has 8 heteroatoms. The van der Waals surface area contributed by atoms with Crippen LogP contribution < -0.4 is 0 Å². The molecule has 2 saturated heterocycles. The normalized spacial score (nSPS) is 28.1. The van der Waals surface area contributed by atoms with Gasteiger partial charge in [0.25, 0.3) is 0 Å². The highest BCUT2D eigenvalue weighted by Crippen LogP contribution is 2.20. The van der Waals surface area contributed by atoms with E-state index in [4.69, 9.17) is 4.74 Å². The van der Waals surface area contributed by atoms with Crippen LogP contribution in [0.25, 0.3) is 0 Å². The molecule has 2 aliphatic rings. The summed E-state index contributed by atoms with van der Waals surface area (Å²) in [5.74, 6) is -1.60. The first kappa shape index (κ1) is 15.7. The zero-order chi connectivity index (χ0) is 14.8. The maximum absolute atomic E-state index is 11.7. The quantitative estimate of drug-likeness (QED) is 0.752. The molecule has 2 heterocycles. The van der Waals surface area contributed by atoms with Gasteiger partial charge in [-0.3, -0.25) is 9.69 Å². The van der Waals surface area contributed by atoms with Gasteiger partial charge in [0, 0.05) is 45.4 Å². The van der Waals surface area contributed by atoms with E-state index in [-0.39, 0.29) is 6.54 Å². The molecule has 0 aromatic heterocycles. The molecule has 0 aromatic rings. The van der Waals surface area contributed by atoms with Crippen molar-refractivity contribution in [3.05, 3.63) is 0 Å². The number of aliphatic carboxylic acids is 1. The van der Waals surface area contributed by atoms with Gasteiger partial charge in [-0.25, -0.2) is 8.42 Å². The molecule has 1 unspecified atom stereocenters. The fraction of sp³-hybridized carbons (Fsp3) is 0.917. The van der Waals surface area contributed by atoms with Crippen LogP contribution in [-0.2, 0) is 19.6 Å². The number of carboxylic acids is 1. The van der Waals surface area contributed by atoms with Crippen LogP contribution in [0.5, 0.6) is 0 Å². The lowest BCUT2D eigenvalue weighted by Gasteiger charge is -2.34. The summed E-state index contributed by atoms with van der Waals surface area (Å²) >= 11 is 0. The van der Waals surface area contributed by atoms with Crippen molar-refractivity contribution >= 4 is 16.0 Å². The highest BCUT2D eigenvalue weighted by Gasteiger charge is 2.34. The molecule has 20 heavy (non-hydrogen) atoms. The molecule has 0 saturated carbocycles. The van der Waals surface area contributed by atoms with Gasteiger partial charge in [0.2, 0.25) is 10.0 Å². The maximum atomic E-state index is 11.7. The summed E-state index contributed by atoms with van der Waals surface area (Å²) in [6.07, 6.45) is 2.90. The molecule has 7 nitrogen and oxygen atoms in total. The summed E-state index contributed by atoms with van der Waals surface area (Å²) in [7, 11) is -3.35. The van der Waals surface area contributed by atoms with E-state index in [0.717, 1.165) is 19.1 Å². The van der Waals surface area contributed by atoms with Crippen LogP contribution in [-0.4, -0.2) is 80.4 Å². The molecule has 2 rings (SSSR count). The van der Waals surface area contributed by atoms with Crippen LogP contribution in [0.4, 0.5) is 0 Å². The van der Waals surface area contributed by atoms with Gasteiger partial charge in [0.1, 0.15) is 0 Å². The minimum atomic E-state index is -3.35. The Morgan fingerprint density at radius 3 is 2.40 bits per heavy atom. The van der Waals surface area contributed by atoms with E-state index >= 15 is 0 Å². The Morgan fingerprint density at radius 1 is 1.20 bits per heavy atom. The minimum absolute atomic E-state index is 0.0634. The Bertz CT molecular complexity index is 447.